The molecule has 20 heavy (non-hydrogen) atoms. The van der Waals surface area contributed by atoms with E-state index in [4.69, 9.17) is 10.5 Å². The van der Waals surface area contributed by atoms with E-state index >= 15 is 0 Å². The summed E-state index contributed by atoms with van der Waals surface area (Å²) >= 11 is 3.40. The minimum atomic E-state index is -0.494. The standard InChI is InChI=1S/C14H21BrN2O2.ClH/c1-4-14(5-2,9-16)13(18)17-10-6-7-12(19-3)11(15)8-10;/h6-8H,4-5,9,16H2,1-3H3,(H,17,18);1H. The number of halogens is 2. The van der Waals surface area contributed by atoms with Gasteiger partial charge in [0.05, 0.1) is 17.0 Å². The Morgan fingerprint density at radius 1 is 1.40 bits per heavy atom. The van der Waals surface area contributed by atoms with Crippen molar-refractivity contribution < 1.29 is 9.53 Å². The molecule has 1 rings (SSSR count). The van der Waals surface area contributed by atoms with E-state index in [2.05, 4.69) is 21.2 Å². The molecule has 0 fully saturated rings. The highest BCUT2D eigenvalue weighted by molar-refractivity contribution is 9.10. The van der Waals surface area contributed by atoms with Gasteiger partial charge >= 0.3 is 0 Å². The van der Waals surface area contributed by atoms with E-state index in [1.54, 1.807) is 7.11 Å². The Kier molecular flexibility index (Phi) is 8.16. The zero-order valence-electron chi connectivity index (χ0n) is 12.0. The first-order chi connectivity index (χ1) is 9.02. The van der Waals surface area contributed by atoms with E-state index in [0.717, 1.165) is 28.8 Å². The molecule has 4 nitrogen and oxygen atoms in total. The number of nitrogens with two attached hydrogens (primary N) is 1. The fourth-order valence-electron chi connectivity index (χ4n) is 1.96. The highest BCUT2D eigenvalue weighted by Crippen LogP contribution is 2.30. The Labute approximate surface area is 135 Å². The van der Waals surface area contributed by atoms with Crippen molar-refractivity contribution in [3.05, 3.63) is 22.7 Å². The van der Waals surface area contributed by atoms with Crippen molar-refractivity contribution >= 4 is 39.9 Å². The van der Waals surface area contributed by atoms with Crippen LogP contribution in [-0.4, -0.2) is 19.6 Å². The molecule has 0 bridgehead atoms. The number of methoxy groups -OCH3 is 1. The predicted molar refractivity (Wildman–Crippen MR) is 88.6 cm³/mol. The zero-order chi connectivity index (χ0) is 14.5. The molecule has 0 spiro atoms. The fourth-order valence-corrected chi connectivity index (χ4v) is 2.50. The van der Waals surface area contributed by atoms with Gasteiger partial charge in [-0.05, 0) is 47.0 Å². The SMILES string of the molecule is CCC(CC)(CN)C(=O)Nc1ccc(OC)c(Br)c1.Cl. The summed E-state index contributed by atoms with van der Waals surface area (Å²) in [7, 11) is 1.60. The van der Waals surface area contributed by atoms with Crippen LogP contribution in [0.2, 0.25) is 0 Å². The first-order valence-electron chi connectivity index (χ1n) is 6.38. The third kappa shape index (κ3) is 4.11. The normalized spacial score (nSPS) is 10.7. The van der Waals surface area contributed by atoms with Crippen LogP contribution in [0, 0.1) is 5.41 Å². The topological polar surface area (TPSA) is 64.4 Å². The van der Waals surface area contributed by atoms with Crippen molar-refractivity contribution in [3.63, 3.8) is 0 Å². The largest absolute Gasteiger partial charge is 0.496 e. The lowest BCUT2D eigenvalue weighted by Gasteiger charge is -2.28. The van der Waals surface area contributed by atoms with Crippen molar-refractivity contribution in [1.29, 1.82) is 0 Å². The van der Waals surface area contributed by atoms with Crippen molar-refractivity contribution in [3.8, 4) is 5.75 Å². The van der Waals surface area contributed by atoms with Gasteiger partial charge in [0.15, 0.2) is 0 Å². The van der Waals surface area contributed by atoms with Gasteiger partial charge in [-0.15, -0.1) is 12.4 Å². The third-order valence-electron chi connectivity index (χ3n) is 3.64. The molecular weight excluding hydrogens is 344 g/mol. The molecule has 3 N–H and O–H groups in total. The number of anilines is 1. The van der Waals surface area contributed by atoms with Crippen molar-refractivity contribution in [1.82, 2.24) is 0 Å². The zero-order valence-corrected chi connectivity index (χ0v) is 14.4. The first kappa shape index (κ1) is 19.2. The number of nitrogens with one attached hydrogen (secondary N) is 1. The molecule has 0 unspecified atom stereocenters. The minimum Gasteiger partial charge on any atom is -0.496 e. The first-order valence-corrected chi connectivity index (χ1v) is 7.17. The predicted octanol–water partition coefficient (Wildman–Crippen LogP) is 3.58. The van der Waals surface area contributed by atoms with Gasteiger partial charge in [0.25, 0.3) is 0 Å². The Balaban J connectivity index is 0.00000361. The molecule has 6 heteroatoms. The van der Waals surface area contributed by atoms with Crippen molar-refractivity contribution in [2.45, 2.75) is 26.7 Å². The minimum absolute atomic E-state index is 0. The molecule has 0 atom stereocenters. The van der Waals surface area contributed by atoms with Crippen LogP contribution in [0.4, 0.5) is 5.69 Å². The highest BCUT2D eigenvalue weighted by Gasteiger charge is 2.33. The van der Waals surface area contributed by atoms with E-state index in [0.29, 0.717) is 6.54 Å². The van der Waals surface area contributed by atoms with Gasteiger partial charge in [0.1, 0.15) is 5.75 Å². The smallest absolute Gasteiger partial charge is 0.231 e. The lowest BCUT2D eigenvalue weighted by molar-refractivity contribution is -0.125. The van der Waals surface area contributed by atoms with Crippen molar-refractivity contribution in [2.75, 3.05) is 19.0 Å². The van der Waals surface area contributed by atoms with Crippen LogP contribution in [0.3, 0.4) is 0 Å². The maximum absolute atomic E-state index is 12.4. The van der Waals surface area contributed by atoms with E-state index in [9.17, 15) is 4.79 Å². The maximum atomic E-state index is 12.4. The van der Waals surface area contributed by atoms with Gasteiger partial charge in [-0.3, -0.25) is 4.79 Å². The Bertz CT molecular complexity index is 443. The molecule has 0 radical (unpaired) electrons. The van der Waals surface area contributed by atoms with Crippen molar-refractivity contribution in [2.24, 2.45) is 11.1 Å². The van der Waals surface area contributed by atoms with Gasteiger partial charge in [-0.25, -0.2) is 0 Å². The summed E-state index contributed by atoms with van der Waals surface area (Å²) in [5, 5.41) is 2.92. The molecule has 0 aliphatic rings. The number of amides is 1. The molecule has 1 amide bonds. The quantitative estimate of drug-likeness (QED) is 0.810. The molecule has 0 saturated carbocycles. The Hall–Kier alpha value is -0.780. The van der Waals surface area contributed by atoms with Crippen LogP contribution < -0.4 is 15.8 Å². The third-order valence-corrected chi connectivity index (χ3v) is 4.26. The second kappa shape index (κ2) is 8.49. The summed E-state index contributed by atoms with van der Waals surface area (Å²) in [5.74, 6) is 0.700. The van der Waals surface area contributed by atoms with Gasteiger partial charge in [-0.2, -0.15) is 0 Å². The summed E-state index contributed by atoms with van der Waals surface area (Å²) in [6.07, 6.45) is 1.45. The summed E-state index contributed by atoms with van der Waals surface area (Å²) in [6.45, 7) is 4.32. The van der Waals surface area contributed by atoms with E-state index in [1.807, 2.05) is 32.0 Å². The second-order valence-electron chi connectivity index (χ2n) is 4.50. The average molecular weight is 366 g/mol. The van der Waals surface area contributed by atoms with E-state index in [1.165, 1.54) is 0 Å². The van der Waals surface area contributed by atoms with Crippen LogP contribution in [0.15, 0.2) is 22.7 Å². The lowest BCUT2D eigenvalue weighted by atomic mass is 9.81. The molecule has 114 valence electrons. The van der Waals surface area contributed by atoms with Gasteiger partial charge in [0, 0.05) is 12.2 Å². The summed E-state index contributed by atoms with van der Waals surface area (Å²) in [5.41, 5.74) is 6.01. The van der Waals surface area contributed by atoms with Gasteiger partial charge < -0.3 is 15.8 Å². The molecule has 0 aromatic heterocycles. The number of ether oxygens (including phenoxy) is 1. The monoisotopic (exact) mass is 364 g/mol. The molecule has 0 aliphatic heterocycles. The summed E-state index contributed by atoms with van der Waals surface area (Å²) in [4.78, 5) is 12.4. The van der Waals surface area contributed by atoms with Crippen LogP contribution in [0.5, 0.6) is 5.75 Å². The molecule has 0 saturated heterocycles. The number of rotatable bonds is 6. The summed E-state index contributed by atoms with van der Waals surface area (Å²) in [6, 6.07) is 5.44. The molecule has 0 aliphatic carbocycles. The van der Waals surface area contributed by atoms with Gasteiger partial charge in [0.2, 0.25) is 5.91 Å². The maximum Gasteiger partial charge on any atom is 0.231 e. The highest BCUT2D eigenvalue weighted by atomic mass is 79.9. The number of hydrogen-bond donors (Lipinski definition) is 2. The van der Waals surface area contributed by atoms with Crippen LogP contribution in [0.1, 0.15) is 26.7 Å². The lowest BCUT2D eigenvalue weighted by Crippen LogP contribution is -2.41. The van der Waals surface area contributed by atoms with E-state index < -0.39 is 5.41 Å². The van der Waals surface area contributed by atoms with E-state index in [-0.39, 0.29) is 18.3 Å². The van der Waals surface area contributed by atoms with Crippen LogP contribution in [-0.2, 0) is 4.79 Å². The Morgan fingerprint density at radius 3 is 2.40 bits per heavy atom. The molecule has 0 heterocycles. The van der Waals surface area contributed by atoms with Crippen LogP contribution >= 0.6 is 28.3 Å². The fraction of sp³-hybridized carbons (Fsp3) is 0.500. The number of hydrogen-bond acceptors (Lipinski definition) is 3. The summed E-state index contributed by atoms with van der Waals surface area (Å²) < 4.78 is 5.96. The molecule has 1 aromatic rings. The number of benzene rings is 1. The van der Waals surface area contributed by atoms with Crippen LogP contribution in [0.25, 0.3) is 0 Å². The number of carbonyl (C=O) groups is 1. The average Bonchev–Trinajstić information content (AvgIpc) is 2.41. The molecular formula is C14H22BrClN2O2. The van der Waals surface area contributed by atoms with Gasteiger partial charge in [-0.1, -0.05) is 13.8 Å². The number of carbonyl (C=O) groups excluding carboxylic acids is 1. The molecule has 1 aromatic carbocycles. The Morgan fingerprint density at radius 2 is 2.00 bits per heavy atom. The second-order valence-corrected chi connectivity index (χ2v) is 5.35.